The maximum Gasteiger partial charge on any atom is 0.276 e. The minimum absolute atomic E-state index is 0.185. The van der Waals surface area contributed by atoms with E-state index in [9.17, 15) is 0 Å². The number of rotatable bonds is 2. The van der Waals surface area contributed by atoms with Crippen molar-refractivity contribution in [3.8, 4) is 28.7 Å². The minimum Gasteiger partial charge on any atom is -0.332 e. The van der Waals surface area contributed by atoms with E-state index in [-0.39, 0.29) is 5.92 Å². The van der Waals surface area contributed by atoms with E-state index < -0.39 is 0 Å². The van der Waals surface area contributed by atoms with Gasteiger partial charge < -0.3 is 9.09 Å². The third-order valence-corrected chi connectivity index (χ3v) is 4.65. The van der Waals surface area contributed by atoms with Crippen LogP contribution in [0.15, 0.2) is 35.2 Å². The van der Waals surface area contributed by atoms with Crippen LogP contribution in [0.4, 0.5) is 0 Å². The van der Waals surface area contributed by atoms with Gasteiger partial charge in [-0.15, -0.1) is 10.2 Å². The molecule has 26 heavy (non-hydrogen) atoms. The molecular formula is C17H14ClN7O. The maximum atomic E-state index is 6.21. The average Bonchev–Trinajstić information content (AvgIpc) is 3.33. The highest BCUT2D eigenvalue weighted by atomic mass is 35.5. The van der Waals surface area contributed by atoms with Gasteiger partial charge in [-0.2, -0.15) is 4.98 Å². The van der Waals surface area contributed by atoms with E-state index in [1.165, 1.54) is 0 Å². The molecule has 3 aromatic heterocycles. The molecule has 4 heterocycles. The van der Waals surface area contributed by atoms with Gasteiger partial charge in [0, 0.05) is 16.5 Å². The quantitative estimate of drug-likeness (QED) is 0.475. The summed E-state index contributed by atoms with van der Waals surface area (Å²) < 4.78 is 9.40. The molecule has 0 saturated heterocycles. The molecule has 1 aromatic carbocycles. The fourth-order valence-corrected chi connectivity index (χ4v) is 3.26. The van der Waals surface area contributed by atoms with Crippen molar-refractivity contribution in [3.63, 3.8) is 0 Å². The summed E-state index contributed by atoms with van der Waals surface area (Å²) in [6, 6.07) is 5.68. The highest BCUT2D eigenvalue weighted by molar-refractivity contribution is 6.30. The van der Waals surface area contributed by atoms with Crippen LogP contribution in [0, 0.1) is 0 Å². The topological polar surface area (TPSA) is 87.5 Å². The summed E-state index contributed by atoms with van der Waals surface area (Å²) in [5.41, 5.74) is 2.57. The van der Waals surface area contributed by atoms with E-state index >= 15 is 0 Å². The first-order chi connectivity index (χ1) is 12.6. The van der Waals surface area contributed by atoms with Crippen molar-refractivity contribution in [2.75, 3.05) is 0 Å². The molecule has 0 fully saturated rings. The third kappa shape index (κ3) is 2.19. The number of hydrogen-bond donors (Lipinski definition) is 0. The van der Waals surface area contributed by atoms with Gasteiger partial charge in [0.15, 0.2) is 11.6 Å². The Balaban J connectivity index is 1.74. The summed E-state index contributed by atoms with van der Waals surface area (Å²) in [5, 5.41) is 13.0. The molecule has 0 atom stereocenters. The van der Waals surface area contributed by atoms with Crippen molar-refractivity contribution >= 4 is 11.6 Å². The smallest absolute Gasteiger partial charge is 0.276 e. The van der Waals surface area contributed by atoms with E-state index in [1.807, 2.05) is 41.2 Å². The zero-order valence-electron chi connectivity index (χ0n) is 14.1. The molecule has 1 aliphatic heterocycles. The second-order valence-electron chi connectivity index (χ2n) is 6.44. The summed E-state index contributed by atoms with van der Waals surface area (Å²) in [5.74, 6) is 2.86. The summed E-state index contributed by atoms with van der Waals surface area (Å²) in [4.78, 5) is 9.11. The lowest BCUT2D eigenvalue weighted by Gasteiger charge is -2.08. The van der Waals surface area contributed by atoms with E-state index in [1.54, 1.807) is 12.5 Å². The van der Waals surface area contributed by atoms with Crippen LogP contribution in [-0.4, -0.2) is 34.5 Å². The molecule has 0 radical (unpaired) electrons. The van der Waals surface area contributed by atoms with Crippen LogP contribution in [0.2, 0.25) is 5.02 Å². The van der Waals surface area contributed by atoms with Gasteiger partial charge in [-0.25, -0.2) is 4.98 Å². The normalized spacial score (nSPS) is 12.6. The molecule has 0 spiro atoms. The van der Waals surface area contributed by atoms with Crippen molar-refractivity contribution in [3.05, 3.63) is 47.4 Å². The van der Waals surface area contributed by atoms with Crippen molar-refractivity contribution in [1.82, 2.24) is 34.5 Å². The summed E-state index contributed by atoms with van der Waals surface area (Å²) in [6.07, 6.45) is 3.43. The molecule has 0 bridgehead atoms. The Kier molecular flexibility index (Phi) is 3.23. The standard InChI is InChI=1S/C17H14ClN7O/c1-9(2)15-21-17(26-23-15)13-6-19-16-11-4-3-10(18)5-12(11)25-8-20-22-14(25)7-24(13)16/h3-6,8-9H,7H2,1-2H3. The highest BCUT2D eigenvalue weighted by Gasteiger charge is 2.26. The Labute approximate surface area is 153 Å². The SMILES string of the molecule is CC(C)c1noc(-c2cnc3n2Cc2nncn2-c2cc(Cl)ccc2-3)n1. The lowest BCUT2D eigenvalue weighted by molar-refractivity contribution is 0.416. The van der Waals surface area contributed by atoms with Crippen LogP contribution >= 0.6 is 11.6 Å². The van der Waals surface area contributed by atoms with Crippen molar-refractivity contribution in [2.24, 2.45) is 0 Å². The molecule has 8 nitrogen and oxygen atoms in total. The number of fused-ring (bicyclic) bond motifs is 5. The molecule has 0 aliphatic carbocycles. The molecule has 0 saturated carbocycles. The molecule has 5 rings (SSSR count). The van der Waals surface area contributed by atoms with Gasteiger partial charge in [-0.3, -0.25) is 4.57 Å². The summed E-state index contributed by atoms with van der Waals surface area (Å²) in [6.45, 7) is 4.53. The van der Waals surface area contributed by atoms with Crippen LogP contribution < -0.4 is 0 Å². The minimum atomic E-state index is 0.185. The van der Waals surface area contributed by atoms with E-state index in [0.717, 1.165) is 28.6 Å². The van der Waals surface area contributed by atoms with Crippen LogP contribution in [0.1, 0.15) is 31.4 Å². The number of imidazole rings is 1. The molecule has 1 aliphatic rings. The van der Waals surface area contributed by atoms with Crippen molar-refractivity contribution < 1.29 is 4.52 Å². The van der Waals surface area contributed by atoms with E-state index in [2.05, 4.69) is 25.3 Å². The van der Waals surface area contributed by atoms with Gasteiger partial charge in [0.1, 0.15) is 17.8 Å². The zero-order valence-corrected chi connectivity index (χ0v) is 14.8. The van der Waals surface area contributed by atoms with Gasteiger partial charge in [0.05, 0.1) is 18.4 Å². The molecule has 4 aromatic rings. The highest BCUT2D eigenvalue weighted by Crippen LogP contribution is 2.35. The van der Waals surface area contributed by atoms with Crippen LogP contribution in [0.3, 0.4) is 0 Å². The second kappa shape index (κ2) is 5.50. The van der Waals surface area contributed by atoms with Gasteiger partial charge in [0.2, 0.25) is 0 Å². The van der Waals surface area contributed by atoms with Crippen LogP contribution in [0.5, 0.6) is 0 Å². The first-order valence-corrected chi connectivity index (χ1v) is 8.58. The Morgan fingerprint density at radius 2 is 2.15 bits per heavy atom. The largest absolute Gasteiger partial charge is 0.332 e. The van der Waals surface area contributed by atoms with Gasteiger partial charge in [-0.1, -0.05) is 30.6 Å². The van der Waals surface area contributed by atoms with Gasteiger partial charge in [0.25, 0.3) is 5.89 Å². The molecule has 0 N–H and O–H groups in total. The molecule has 0 unspecified atom stereocenters. The maximum absolute atomic E-state index is 6.21. The first kappa shape index (κ1) is 15.3. The zero-order chi connectivity index (χ0) is 17.8. The van der Waals surface area contributed by atoms with E-state index in [4.69, 9.17) is 16.1 Å². The van der Waals surface area contributed by atoms with Crippen LogP contribution in [0.25, 0.3) is 28.7 Å². The Hall–Kier alpha value is -3.00. The number of nitrogens with zero attached hydrogens (tertiary/aromatic N) is 7. The van der Waals surface area contributed by atoms with Crippen molar-refractivity contribution in [2.45, 2.75) is 26.3 Å². The summed E-state index contributed by atoms with van der Waals surface area (Å²) in [7, 11) is 0. The molecule has 130 valence electrons. The van der Waals surface area contributed by atoms with Crippen LogP contribution in [-0.2, 0) is 6.54 Å². The Morgan fingerprint density at radius 3 is 2.96 bits per heavy atom. The summed E-state index contributed by atoms with van der Waals surface area (Å²) >= 11 is 6.21. The fourth-order valence-electron chi connectivity index (χ4n) is 3.10. The van der Waals surface area contributed by atoms with E-state index in [0.29, 0.717) is 23.3 Å². The van der Waals surface area contributed by atoms with Gasteiger partial charge >= 0.3 is 0 Å². The molecular weight excluding hydrogens is 354 g/mol. The third-order valence-electron chi connectivity index (χ3n) is 4.41. The predicted molar refractivity (Wildman–Crippen MR) is 94.1 cm³/mol. The fraction of sp³-hybridized carbons (Fsp3) is 0.235. The predicted octanol–water partition coefficient (Wildman–Crippen LogP) is 3.32. The van der Waals surface area contributed by atoms with Crippen molar-refractivity contribution in [1.29, 1.82) is 0 Å². The lowest BCUT2D eigenvalue weighted by atomic mass is 10.1. The Bertz CT molecular complexity index is 1120. The molecule has 0 amide bonds. The number of halogens is 1. The number of hydrogen-bond acceptors (Lipinski definition) is 6. The monoisotopic (exact) mass is 367 g/mol. The lowest BCUT2D eigenvalue weighted by Crippen LogP contribution is -2.05. The molecule has 9 heteroatoms. The number of benzene rings is 1. The van der Waals surface area contributed by atoms with Gasteiger partial charge in [-0.05, 0) is 18.2 Å². The Morgan fingerprint density at radius 1 is 1.27 bits per heavy atom. The average molecular weight is 368 g/mol. The first-order valence-electron chi connectivity index (χ1n) is 8.20. The number of aromatic nitrogens is 7. The second-order valence-corrected chi connectivity index (χ2v) is 6.88.